The minimum absolute atomic E-state index is 0.778. The molecule has 0 saturated heterocycles. The van der Waals surface area contributed by atoms with E-state index in [4.69, 9.17) is 0 Å². The highest BCUT2D eigenvalue weighted by atomic mass is 127. The fraction of sp³-hybridized carbons (Fsp3) is 0. The molecule has 0 unspecified atom stereocenters. The van der Waals surface area contributed by atoms with Gasteiger partial charge in [-0.05, 0) is 38.5 Å². The molecule has 1 heterocycles. The third-order valence-electron chi connectivity index (χ3n) is 0.672. The zero-order chi connectivity index (χ0) is 6.85. The van der Waals surface area contributed by atoms with Crippen molar-refractivity contribution in [3.8, 4) is 0 Å². The van der Waals surface area contributed by atoms with Crippen LogP contribution >= 0.6 is 61.1 Å². The van der Waals surface area contributed by atoms with Crippen LogP contribution in [-0.2, 0) is 0 Å². The van der Waals surface area contributed by atoms with Gasteiger partial charge in [-0.1, -0.05) is 0 Å². The summed E-state index contributed by atoms with van der Waals surface area (Å²) in [7, 11) is 0. The van der Waals surface area contributed by atoms with Gasteiger partial charge in [0.2, 0.25) is 0 Å². The Morgan fingerprint density at radius 2 is 2.11 bits per heavy atom. The van der Waals surface area contributed by atoms with E-state index in [0.29, 0.717) is 0 Å². The molecule has 0 aromatic carbocycles. The smallest absolute Gasteiger partial charge is 0.191 e. The SMILES string of the molecule is Brc1cnc(I)nc1I. The molecule has 0 N–H and O–H groups in total. The summed E-state index contributed by atoms with van der Waals surface area (Å²) in [4.78, 5) is 8.05. The highest BCUT2D eigenvalue weighted by Crippen LogP contribution is 2.15. The first-order chi connectivity index (χ1) is 4.20. The van der Waals surface area contributed by atoms with Gasteiger partial charge in [-0.3, -0.25) is 0 Å². The molecule has 0 saturated carbocycles. The number of nitrogens with zero attached hydrogens (tertiary/aromatic N) is 2. The average molecular weight is 411 g/mol. The van der Waals surface area contributed by atoms with E-state index in [1.165, 1.54) is 0 Å². The van der Waals surface area contributed by atoms with E-state index in [-0.39, 0.29) is 0 Å². The van der Waals surface area contributed by atoms with Gasteiger partial charge in [0, 0.05) is 28.8 Å². The van der Waals surface area contributed by atoms with Crippen LogP contribution in [0.2, 0.25) is 0 Å². The molecule has 0 bridgehead atoms. The van der Waals surface area contributed by atoms with E-state index < -0.39 is 0 Å². The second-order valence-electron chi connectivity index (χ2n) is 1.28. The maximum absolute atomic E-state index is 4.09. The van der Waals surface area contributed by atoms with Gasteiger partial charge < -0.3 is 0 Å². The predicted molar refractivity (Wildman–Crippen MR) is 55.2 cm³/mol. The van der Waals surface area contributed by atoms with Crippen molar-refractivity contribution in [2.24, 2.45) is 0 Å². The molecular formula is C4HBrI2N2. The van der Waals surface area contributed by atoms with Gasteiger partial charge in [-0.2, -0.15) is 0 Å². The monoisotopic (exact) mass is 410 g/mol. The molecule has 0 fully saturated rings. The minimum atomic E-state index is 0.778. The molecule has 0 aliphatic heterocycles. The highest BCUT2D eigenvalue weighted by Gasteiger charge is 1.96. The molecule has 1 rings (SSSR count). The van der Waals surface area contributed by atoms with Gasteiger partial charge in [-0.15, -0.1) is 0 Å². The van der Waals surface area contributed by atoms with E-state index >= 15 is 0 Å². The molecular weight excluding hydrogens is 410 g/mol. The third kappa shape index (κ3) is 2.26. The van der Waals surface area contributed by atoms with Crippen LogP contribution in [0.15, 0.2) is 10.7 Å². The Morgan fingerprint density at radius 1 is 1.44 bits per heavy atom. The number of rotatable bonds is 0. The lowest BCUT2D eigenvalue weighted by Gasteiger charge is -1.92. The molecule has 0 aliphatic carbocycles. The lowest BCUT2D eigenvalue weighted by atomic mass is 10.7. The molecule has 9 heavy (non-hydrogen) atoms. The van der Waals surface area contributed by atoms with E-state index in [1.807, 2.05) is 0 Å². The fourth-order valence-corrected chi connectivity index (χ4v) is 1.73. The van der Waals surface area contributed by atoms with Crippen LogP contribution in [0.4, 0.5) is 0 Å². The van der Waals surface area contributed by atoms with Gasteiger partial charge in [-0.25, -0.2) is 9.97 Å². The zero-order valence-electron chi connectivity index (χ0n) is 4.11. The maximum atomic E-state index is 4.09. The Morgan fingerprint density at radius 3 is 2.56 bits per heavy atom. The third-order valence-corrected chi connectivity index (χ3v) is 3.34. The average Bonchev–Trinajstić information content (AvgIpc) is 1.80. The van der Waals surface area contributed by atoms with Gasteiger partial charge in [0.15, 0.2) is 3.83 Å². The number of aromatic nitrogens is 2. The minimum Gasteiger partial charge on any atom is -0.230 e. The van der Waals surface area contributed by atoms with Gasteiger partial charge in [0.25, 0.3) is 0 Å². The van der Waals surface area contributed by atoms with Crippen LogP contribution in [0.25, 0.3) is 0 Å². The van der Waals surface area contributed by atoms with Crippen molar-refractivity contribution in [2.75, 3.05) is 0 Å². The van der Waals surface area contributed by atoms with Crippen molar-refractivity contribution in [1.29, 1.82) is 0 Å². The summed E-state index contributed by atoms with van der Waals surface area (Å²) in [5.74, 6) is 0. The first kappa shape index (κ1) is 8.12. The summed E-state index contributed by atoms with van der Waals surface area (Å²) in [5, 5.41) is 0. The molecule has 5 heteroatoms. The Bertz CT molecular complexity index is 228. The van der Waals surface area contributed by atoms with Crippen LogP contribution in [0.5, 0.6) is 0 Å². The Balaban J connectivity index is 3.17. The molecule has 0 atom stereocenters. The summed E-state index contributed by atoms with van der Waals surface area (Å²) in [6, 6.07) is 0. The Kier molecular flexibility index (Phi) is 3.09. The second kappa shape index (κ2) is 3.42. The quantitative estimate of drug-likeness (QED) is 0.373. The fourth-order valence-electron chi connectivity index (χ4n) is 0.326. The highest BCUT2D eigenvalue weighted by molar-refractivity contribution is 14.1. The number of halogens is 3. The van der Waals surface area contributed by atoms with Gasteiger partial charge in [0.1, 0.15) is 3.70 Å². The Labute approximate surface area is 88.3 Å². The lowest BCUT2D eigenvalue weighted by molar-refractivity contribution is 1.06. The van der Waals surface area contributed by atoms with Crippen LogP contribution in [-0.4, -0.2) is 9.97 Å². The first-order valence-electron chi connectivity index (χ1n) is 2.03. The molecule has 48 valence electrons. The van der Waals surface area contributed by atoms with Crippen LogP contribution < -0.4 is 0 Å². The predicted octanol–water partition coefficient (Wildman–Crippen LogP) is 2.45. The van der Waals surface area contributed by atoms with Crippen LogP contribution in [0, 0.1) is 7.53 Å². The van der Waals surface area contributed by atoms with Crippen molar-refractivity contribution in [1.82, 2.24) is 9.97 Å². The normalized spacial score (nSPS) is 9.67. The number of hydrogen-bond acceptors (Lipinski definition) is 2. The van der Waals surface area contributed by atoms with Crippen LogP contribution in [0.3, 0.4) is 0 Å². The molecule has 1 aromatic rings. The Hall–Kier alpha value is 1.02. The summed E-state index contributed by atoms with van der Waals surface area (Å²) in [6.07, 6.45) is 1.75. The molecule has 0 spiro atoms. The van der Waals surface area contributed by atoms with Crippen molar-refractivity contribution in [2.45, 2.75) is 0 Å². The van der Waals surface area contributed by atoms with Gasteiger partial charge >= 0.3 is 0 Å². The largest absolute Gasteiger partial charge is 0.230 e. The van der Waals surface area contributed by atoms with Gasteiger partial charge in [0.05, 0.1) is 4.47 Å². The molecule has 0 radical (unpaired) electrons. The van der Waals surface area contributed by atoms with Crippen molar-refractivity contribution in [3.05, 3.63) is 18.2 Å². The van der Waals surface area contributed by atoms with Crippen molar-refractivity contribution in [3.63, 3.8) is 0 Å². The van der Waals surface area contributed by atoms with Crippen LogP contribution in [0.1, 0.15) is 0 Å². The van der Waals surface area contributed by atoms with E-state index in [0.717, 1.165) is 12.0 Å². The number of hydrogen-bond donors (Lipinski definition) is 0. The second-order valence-corrected chi connectivity index (χ2v) is 4.12. The molecule has 2 nitrogen and oxygen atoms in total. The standard InChI is InChI=1S/C4HBrI2N2/c5-2-1-8-4(7)9-3(2)6/h1H. The molecule has 0 aliphatic rings. The topological polar surface area (TPSA) is 25.8 Å². The lowest BCUT2D eigenvalue weighted by Crippen LogP contribution is -1.89. The zero-order valence-corrected chi connectivity index (χ0v) is 10.0. The van der Waals surface area contributed by atoms with E-state index in [2.05, 4.69) is 71.1 Å². The first-order valence-corrected chi connectivity index (χ1v) is 4.99. The maximum Gasteiger partial charge on any atom is 0.191 e. The summed E-state index contributed by atoms with van der Waals surface area (Å²) in [5.41, 5.74) is 0. The van der Waals surface area contributed by atoms with E-state index in [1.54, 1.807) is 6.20 Å². The molecule has 1 aromatic heterocycles. The summed E-state index contributed by atoms with van der Waals surface area (Å²) >= 11 is 7.51. The van der Waals surface area contributed by atoms with E-state index in [9.17, 15) is 0 Å². The molecule has 0 amide bonds. The summed E-state index contributed by atoms with van der Waals surface area (Å²) < 4.78 is 2.68. The van der Waals surface area contributed by atoms with Crippen molar-refractivity contribution < 1.29 is 0 Å². The van der Waals surface area contributed by atoms with Crippen molar-refractivity contribution >= 4 is 61.1 Å². The summed E-state index contributed by atoms with van der Waals surface area (Å²) in [6.45, 7) is 0.